The van der Waals surface area contributed by atoms with Crippen molar-refractivity contribution in [3.63, 3.8) is 0 Å². The first-order valence-corrected chi connectivity index (χ1v) is 11.0. The monoisotopic (exact) mass is 417 g/mol. The molecule has 30 heavy (non-hydrogen) atoms. The van der Waals surface area contributed by atoms with Crippen molar-refractivity contribution in [3.8, 4) is 5.75 Å². The van der Waals surface area contributed by atoms with Crippen molar-refractivity contribution < 1.29 is 19.1 Å². The summed E-state index contributed by atoms with van der Waals surface area (Å²) in [5, 5.41) is 5.39. The fraction of sp³-hybridized carbons (Fsp3) is 0.609. The molecule has 166 valence electrons. The van der Waals surface area contributed by atoms with E-state index in [-0.39, 0.29) is 42.8 Å². The highest BCUT2D eigenvalue weighted by Gasteiger charge is 2.30. The van der Waals surface area contributed by atoms with Crippen LogP contribution in [0.2, 0.25) is 0 Å². The smallest absolute Gasteiger partial charge is 0.243 e. The van der Waals surface area contributed by atoms with Crippen molar-refractivity contribution in [2.45, 2.75) is 64.8 Å². The zero-order chi connectivity index (χ0) is 21.9. The minimum absolute atomic E-state index is 0.00974. The second-order valence-corrected chi connectivity index (χ2v) is 7.82. The molecule has 0 bridgehead atoms. The zero-order valence-electron chi connectivity index (χ0n) is 18.4. The number of anilines is 1. The molecule has 1 fully saturated rings. The summed E-state index contributed by atoms with van der Waals surface area (Å²) in [5.41, 5.74) is 0.628. The van der Waals surface area contributed by atoms with Gasteiger partial charge in [-0.05, 0) is 49.9 Å². The molecule has 0 heterocycles. The third kappa shape index (κ3) is 7.04. The van der Waals surface area contributed by atoms with Crippen LogP contribution >= 0.6 is 0 Å². The Morgan fingerprint density at radius 1 is 1.03 bits per heavy atom. The lowest BCUT2D eigenvalue weighted by Gasteiger charge is -2.36. The molecule has 0 radical (unpaired) electrons. The molecule has 1 aliphatic rings. The van der Waals surface area contributed by atoms with Gasteiger partial charge in [0.2, 0.25) is 17.7 Å². The number of nitrogens with zero attached hydrogens (tertiary/aromatic N) is 1. The summed E-state index contributed by atoms with van der Waals surface area (Å²) in [7, 11) is 1.58. The minimum atomic E-state index is -0.316. The Kier molecular flexibility index (Phi) is 9.64. The molecule has 1 aromatic carbocycles. The number of hydrogen-bond acceptors (Lipinski definition) is 4. The van der Waals surface area contributed by atoms with Crippen molar-refractivity contribution in [1.29, 1.82) is 0 Å². The summed E-state index contributed by atoms with van der Waals surface area (Å²) in [6, 6.07) is 7.08. The maximum absolute atomic E-state index is 13.0. The number of ether oxygens (including phenoxy) is 1. The van der Waals surface area contributed by atoms with Gasteiger partial charge >= 0.3 is 0 Å². The highest BCUT2D eigenvalue weighted by molar-refractivity contribution is 5.95. The second kappa shape index (κ2) is 12.2. The van der Waals surface area contributed by atoms with Crippen LogP contribution in [-0.2, 0) is 14.4 Å². The summed E-state index contributed by atoms with van der Waals surface area (Å²) in [4.78, 5) is 39.5. The number of carbonyl (C=O) groups excluding carboxylic acids is 3. The molecule has 1 aromatic rings. The molecule has 2 rings (SSSR count). The van der Waals surface area contributed by atoms with E-state index in [1.165, 1.54) is 6.42 Å². The maximum Gasteiger partial charge on any atom is 0.243 e. The Hall–Kier alpha value is -2.57. The summed E-state index contributed by atoms with van der Waals surface area (Å²) in [6.07, 6.45) is 6.77. The number of amides is 3. The van der Waals surface area contributed by atoms with Gasteiger partial charge in [0, 0.05) is 17.6 Å². The van der Waals surface area contributed by atoms with Gasteiger partial charge in [0.1, 0.15) is 5.75 Å². The van der Waals surface area contributed by atoms with E-state index >= 15 is 0 Å². The van der Waals surface area contributed by atoms with Crippen LogP contribution in [0.1, 0.15) is 58.8 Å². The van der Waals surface area contributed by atoms with Gasteiger partial charge in [-0.3, -0.25) is 14.4 Å². The molecule has 7 nitrogen and oxygen atoms in total. The van der Waals surface area contributed by atoms with Gasteiger partial charge in [-0.2, -0.15) is 0 Å². The Bertz CT molecular complexity index is 695. The molecule has 0 atom stereocenters. The van der Waals surface area contributed by atoms with Gasteiger partial charge in [-0.15, -0.1) is 0 Å². The van der Waals surface area contributed by atoms with Gasteiger partial charge in [0.15, 0.2) is 0 Å². The van der Waals surface area contributed by atoms with E-state index < -0.39 is 0 Å². The highest BCUT2D eigenvalue weighted by atomic mass is 16.5. The van der Waals surface area contributed by atoms with Crippen molar-refractivity contribution >= 4 is 23.4 Å². The molecule has 1 aliphatic carbocycles. The molecule has 7 heteroatoms. The minimum Gasteiger partial charge on any atom is -0.497 e. The van der Waals surface area contributed by atoms with Crippen LogP contribution in [0.5, 0.6) is 5.75 Å². The molecule has 0 unspecified atom stereocenters. The normalized spacial score (nSPS) is 14.3. The van der Waals surface area contributed by atoms with Crippen LogP contribution in [0.15, 0.2) is 24.3 Å². The van der Waals surface area contributed by atoms with Gasteiger partial charge < -0.3 is 20.3 Å². The largest absolute Gasteiger partial charge is 0.497 e. The average molecular weight is 418 g/mol. The first kappa shape index (κ1) is 23.7. The molecule has 0 spiro atoms. The molecular formula is C23H35N3O4. The van der Waals surface area contributed by atoms with Gasteiger partial charge in [-0.1, -0.05) is 33.1 Å². The predicted octanol–water partition coefficient (Wildman–Crippen LogP) is 3.35. The van der Waals surface area contributed by atoms with Crippen molar-refractivity contribution in [3.05, 3.63) is 24.3 Å². The number of nitrogens with one attached hydrogen (secondary N) is 2. The number of benzene rings is 1. The first-order chi connectivity index (χ1) is 14.5. The quantitative estimate of drug-likeness (QED) is 0.611. The number of carbonyl (C=O) groups is 3. The van der Waals surface area contributed by atoms with Crippen molar-refractivity contribution in [2.75, 3.05) is 25.5 Å². The Morgan fingerprint density at radius 2 is 1.67 bits per heavy atom. The molecule has 0 aromatic heterocycles. The number of hydrogen-bond donors (Lipinski definition) is 2. The maximum atomic E-state index is 13.0. The Labute approximate surface area is 179 Å². The van der Waals surface area contributed by atoms with E-state index in [1.54, 1.807) is 36.3 Å². The molecule has 3 amide bonds. The second-order valence-electron chi connectivity index (χ2n) is 7.82. The average Bonchev–Trinajstić information content (AvgIpc) is 2.78. The number of methoxy groups -OCH3 is 1. The fourth-order valence-electron chi connectivity index (χ4n) is 3.92. The Balaban J connectivity index is 1.90. The third-order valence-electron chi connectivity index (χ3n) is 5.77. The standard InChI is InChI=1S/C23H35N3O4/c1-4-17(5-2)23(29)26(19-9-7-6-8-10-19)16-22(28)24-15-21(27)25-18-11-13-20(30-3)14-12-18/h11-14,17,19H,4-10,15-16H2,1-3H3,(H,24,28)(H,25,27). The van der Waals surface area contributed by atoms with Crippen LogP contribution in [0.3, 0.4) is 0 Å². The number of rotatable bonds is 10. The van der Waals surface area contributed by atoms with E-state index in [4.69, 9.17) is 4.74 Å². The summed E-state index contributed by atoms with van der Waals surface area (Å²) in [6.45, 7) is 3.89. The zero-order valence-corrected chi connectivity index (χ0v) is 18.4. The van der Waals surface area contributed by atoms with Crippen LogP contribution in [0.4, 0.5) is 5.69 Å². The van der Waals surface area contributed by atoms with Gasteiger partial charge in [-0.25, -0.2) is 0 Å². The van der Waals surface area contributed by atoms with E-state index in [1.807, 2.05) is 13.8 Å². The van der Waals surface area contributed by atoms with Crippen LogP contribution in [0.25, 0.3) is 0 Å². The molecular weight excluding hydrogens is 382 g/mol. The first-order valence-electron chi connectivity index (χ1n) is 11.0. The molecule has 2 N–H and O–H groups in total. The van der Waals surface area contributed by atoms with Gasteiger partial charge in [0.05, 0.1) is 20.2 Å². The topological polar surface area (TPSA) is 87.7 Å². The lowest BCUT2D eigenvalue weighted by molar-refractivity contribution is -0.142. The molecule has 0 aliphatic heterocycles. The summed E-state index contributed by atoms with van der Waals surface area (Å²) in [5.74, 6) is 0.0860. The Morgan fingerprint density at radius 3 is 2.23 bits per heavy atom. The van der Waals surface area contributed by atoms with Crippen LogP contribution in [0, 0.1) is 5.92 Å². The van der Waals surface area contributed by atoms with Crippen molar-refractivity contribution in [1.82, 2.24) is 10.2 Å². The lowest BCUT2D eigenvalue weighted by Crippen LogP contribution is -2.49. The van der Waals surface area contributed by atoms with Crippen LogP contribution < -0.4 is 15.4 Å². The molecule has 0 saturated heterocycles. The van der Waals surface area contributed by atoms with E-state index in [9.17, 15) is 14.4 Å². The van der Waals surface area contributed by atoms with E-state index in [0.717, 1.165) is 38.5 Å². The molecule has 1 saturated carbocycles. The van der Waals surface area contributed by atoms with Crippen LogP contribution in [-0.4, -0.2) is 48.9 Å². The predicted molar refractivity (Wildman–Crippen MR) is 117 cm³/mol. The van der Waals surface area contributed by atoms with Gasteiger partial charge in [0.25, 0.3) is 0 Å². The SMILES string of the molecule is CCC(CC)C(=O)N(CC(=O)NCC(=O)Nc1ccc(OC)cc1)C1CCCCC1. The fourth-order valence-corrected chi connectivity index (χ4v) is 3.92. The van der Waals surface area contributed by atoms with Crippen molar-refractivity contribution in [2.24, 2.45) is 5.92 Å². The summed E-state index contributed by atoms with van der Waals surface area (Å²) >= 11 is 0. The van der Waals surface area contributed by atoms with E-state index in [0.29, 0.717) is 11.4 Å². The summed E-state index contributed by atoms with van der Waals surface area (Å²) < 4.78 is 5.09. The lowest BCUT2D eigenvalue weighted by atomic mass is 9.92. The highest BCUT2D eigenvalue weighted by Crippen LogP contribution is 2.25. The van der Waals surface area contributed by atoms with E-state index in [2.05, 4.69) is 10.6 Å². The third-order valence-corrected chi connectivity index (χ3v) is 5.77.